The Morgan fingerprint density at radius 1 is 1.10 bits per heavy atom. The van der Waals surface area contributed by atoms with Crippen LogP contribution in [0, 0.1) is 11.6 Å². The molecule has 1 heterocycles. The van der Waals surface area contributed by atoms with Crippen molar-refractivity contribution in [1.29, 1.82) is 0 Å². The Kier molecular flexibility index (Phi) is 3.05. The van der Waals surface area contributed by atoms with E-state index in [0.29, 0.717) is 12.1 Å². The Labute approximate surface area is 116 Å². The molecule has 1 saturated heterocycles. The molecule has 2 N–H and O–H groups in total. The van der Waals surface area contributed by atoms with Gasteiger partial charge in [-0.15, -0.1) is 0 Å². The third-order valence-corrected chi connectivity index (χ3v) is 4.56. The van der Waals surface area contributed by atoms with Gasteiger partial charge in [-0.05, 0) is 37.5 Å². The van der Waals surface area contributed by atoms with Crippen molar-refractivity contribution >= 4 is 5.91 Å². The van der Waals surface area contributed by atoms with E-state index in [2.05, 4.69) is 10.6 Å². The Balaban J connectivity index is 1.89. The SMILES string of the molecule is CC1(c2cc(F)cc(F)c2)CNC2(CCCC2)C(=O)N1. The van der Waals surface area contributed by atoms with Gasteiger partial charge in [-0.2, -0.15) is 0 Å². The number of benzene rings is 1. The standard InChI is InChI=1S/C15H18F2N2O/c1-14(10-6-11(16)8-12(17)7-10)9-18-15(13(20)19-14)4-2-3-5-15/h6-8,18H,2-5,9H2,1H3,(H,19,20). The first-order valence-electron chi connectivity index (χ1n) is 6.98. The van der Waals surface area contributed by atoms with E-state index in [1.165, 1.54) is 12.1 Å². The van der Waals surface area contributed by atoms with Crippen molar-refractivity contribution in [3.05, 3.63) is 35.4 Å². The van der Waals surface area contributed by atoms with E-state index in [-0.39, 0.29) is 5.91 Å². The molecule has 5 heteroatoms. The zero-order valence-electron chi connectivity index (χ0n) is 11.4. The third kappa shape index (κ3) is 2.10. The predicted octanol–water partition coefficient (Wildman–Crippen LogP) is 2.21. The first-order valence-corrected chi connectivity index (χ1v) is 6.98. The molecule has 20 heavy (non-hydrogen) atoms. The van der Waals surface area contributed by atoms with Crippen LogP contribution in [0.25, 0.3) is 0 Å². The zero-order chi connectivity index (χ0) is 14.4. The highest BCUT2D eigenvalue weighted by molar-refractivity contribution is 5.88. The monoisotopic (exact) mass is 280 g/mol. The molecule has 1 unspecified atom stereocenters. The average molecular weight is 280 g/mol. The van der Waals surface area contributed by atoms with Crippen LogP contribution in [-0.4, -0.2) is 18.0 Å². The molecule has 0 aromatic heterocycles. The largest absolute Gasteiger partial charge is 0.344 e. The highest BCUT2D eigenvalue weighted by Crippen LogP contribution is 2.35. The van der Waals surface area contributed by atoms with Crippen molar-refractivity contribution in [2.75, 3.05) is 6.54 Å². The number of hydrogen-bond acceptors (Lipinski definition) is 2. The lowest BCUT2D eigenvalue weighted by Crippen LogP contribution is -2.68. The second kappa shape index (κ2) is 4.52. The van der Waals surface area contributed by atoms with E-state index in [0.717, 1.165) is 31.7 Å². The molecule has 2 fully saturated rings. The Hall–Kier alpha value is -1.49. The number of carbonyl (C=O) groups is 1. The van der Waals surface area contributed by atoms with Crippen LogP contribution in [-0.2, 0) is 10.3 Å². The van der Waals surface area contributed by atoms with Gasteiger partial charge in [0.1, 0.15) is 11.6 Å². The first kappa shape index (κ1) is 13.5. The van der Waals surface area contributed by atoms with Crippen molar-refractivity contribution < 1.29 is 13.6 Å². The van der Waals surface area contributed by atoms with E-state index < -0.39 is 22.7 Å². The van der Waals surface area contributed by atoms with E-state index in [9.17, 15) is 13.6 Å². The maximum Gasteiger partial charge on any atom is 0.241 e. The summed E-state index contributed by atoms with van der Waals surface area (Å²) in [5, 5.41) is 6.28. The van der Waals surface area contributed by atoms with Crippen molar-refractivity contribution in [3.63, 3.8) is 0 Å². The van der Waals surface area contributed by atoms with Crippen LogP contribution >= 0.6 is 0 Å². The number of piperazine rings is 1. The summed E-state index contributed by atoms with van der Waals surface area (Å²) >= 11 is 0. The topological polar surface area (TPSA) is 41.1 Å². The summed E-state index contributed by atoms with van der Waals surface area (Å²) in [5.41, 5.74) is -0.817. The highest BCUT2D eigenvalue weighted by atomic mass is 19.1. The molecule has 1 aromatic carbocycles. The van der Waals surface area contributed by atoms with E-state index in [1.54, 1.807) is 6.92 Å². The van der Waals surface area contributed by atoms with Gasteiger partial charge in [-0.1, -0.05) is 12.8 Å². The lowest BCUT2D eigenvalue weighted by Gasteiger charge is -2.44. The fourth-order valence-electron chi connectivity index (χ4n) is 3.27. The summed E-state index contributed by atoms with van der Waals surface area (Å²) in [6.07, 6.45) is 3.72. The maximum atomic E-state index is 13.4. The van der Waals surface area contributed by atoms with Gasteiger partial charge in [0.05, 0.1) is 11.1 Å². The van der Waals surface area contributed by atoms with Crippen molar-refractivity contribution in [1.82, 2.24) is 10.6 Å². The fourth-order valence-corrected chi connectivity index (χ4v) is 3.27. The van der Waals surface area contributed by atoms with Gasteiger partial charge in [0.15, 0.2) is 0 Å². The van der Waals surface area contributed by atoms with Gasteiger partial charge in [0.25, 0.3) is 0 Å². The van der Waals surface area contributed by atoms with Crippen LogP contribution in [0.1, 0.15) is 38.2 Å². The predicted molar refractivity (Wildman–Crippen MR) is 71.1 cm³/mol. The third-order valence-electron chi connectivity index (χ3n) is 4.56. The molecule has 1 aliphatic heterocycles. The second-order valence-corrected chi connectivity index (χ2v) is 6.09. The molecule has 2 aliphatic rings. The normalized spacial score (nSPS) is 28.6. The van der Waals surface area contributed by atoms with Crippen molar-refractivity contribution in [3.8, 4) is 0 Å². The quantitative estimate of drug-likeness (QED) is 0.828. The molecule has 108 valence electrons. The molecule has 1 amide bonds. The zero-order valence-corrected chi connectivity index (χ0v) is 11.4. The van der Waals surface area contributed by atoms with Crippen molar-refractivity contribution in [2.45, 2.75) is 43.7 Å². The number of carbonyl (C=O) groups excluding carboxylic acids is 1. The minimum absolute atomic E-state index is 0.0616. The van der Waals surface area contributed by atoms with Crippen LogP contribution in [0.5, 0.6) is 0 Å². The number of halogens is 2. The van der Waals surface area contributed by atoms with Crippen LogP contribution in [0.4, 0.5) is 8.78 Å². The molecule has 1 aliphatic carbocycles. The highest BCUT2D eigenvalue weighted by Gasteiger charge is 2.48. The minimum atomic E-state index is -0.784. The second-order valence-electron chi connectivity index (χ2n) is 6.09. The fraction of sp³-hybridized carbons (Fsp3) is 0.533. The molecule has 1 saturated carbocycles. The number of amides is 1. The molecular formula is C15H18F2N2O. The number of nitrogens with one attached hydrogen (secondary N) is 2. The lowest BCUT2D eigenvalue weighted by atomic mass is 9.84. The van der Waals surface area contributed by atoms with Gasteiger partial charge >= 0.3 is 0 Å². The van der Waals surface area contributed by atoms with E-state index >= 15 is 0 Å². The number of rotatable bonds is 1. The summed E-state index contributed by atoms with van der Waals surface area (Å²) in [5.74, 6) is -1.32. The van der Waals surface area contributed by atoms with Crippen LogP contribution in [0.15, 0.2) is 18.2 Å². The average Bonchev–Trinajstić information content (AvgIpc) is 2.84. The summed E-state index contributed by atoms with van der Waals surface area (Å²) in [6.45, 7) is 2.26. The maximum absolute atomic E-state index is 13.4. The van der Waals surface area contributed by atoms with Crippen LogP contribution in [0.3, 0.4) is 0 Å². The Morgan fingerprint density at radius 2 is 1.70 bits per heavy atom. The Bertz CT molecular complexity index is 535. The van der Waals surface area contributed by atoms with E-state index in [1.807, 2.05) is 0 Å². The van der Waals surface area contributed by atoms with Gasteiger partial charge in [-0.3, -0.25) is 4.79 Å². The smallest absolute Gasteiger partial charge is 0.241 e. The van der Waals surface area contributed by atoms with Crippen molar-refractivity contribution in [2.24, 2.45) is 0 Å². The summed E-state index contributed by atoms with van der Waals surface area (Å²) in [4.78, 5) is 12.4. The Morgan fingerprint density at radius 3 is 2.25 bits per heavy atom. The molecule has 1 spiro atoms. The minimum Gasteiger partial charge on any atom is -0.344 e. The summed E-state index contributed by atoms with van der Waals surface area (Å²) in [6, 6.07) is 3.39. The molecule has 0 bridgehead atoms. The molecular weight excluding hydrogens is 262 g/mol. The molecule has 0 radical (unpaired) electrons. The summed E-state index contributed by atoms with van der Waals surface area (Å²) in [7, 11) is 0. The van der Waals surface area contributed by atoms with Crippen LogP contribution in [0.2, 0.25) is 0 Å². The van der Waals surface area contributed by atoms with E-state index in [4.69, 9.17) is 0 Å². The van der Waals surface area contributed by atoms with Gasteiger partial charge in [0.2, 0.25) is 5.91 Å². The van der Waals surface area contributed by atoms with Crippen LogP contribution < -0.4 is 10.6 Å². The van der Waals surface area contributed by atoms with Gasteiger partial charge < -0.3 is 10.6 Å². The molecule has 3 nitrogen and oxygen atoms in total. The van der Waals surface area contributed by atoms with Gasteiger partial charge in [0, 0.05) is 12.6 Å². The molecule has 1 atom stereocenters. The van der Waals surface area contributed by atoms with Gasteiger partial charge in [-0.25, -0.2) is 8.78 Å². The number of hydrogen-bond donors (Lipinski definition) is 2. The molecule has 3 rings (SSSR count). The first-order chi connectivity index (χ1) is 9.43. The summed E-state index contributed by atoms with van der Waals surface area (Å²) < 4.78 is 26.7. The lowest BCUT2D eigenvalue weighted by molar-refractivity contribution is -0.132. The molecule has 1 aromatic rings.